The van der Waals surface area contributed by atoms with E-state index in [4.69, 9.17) is 5.73 Å². The number of benzene rings is 1. The third-order valence-corrected chi connectivity index (χ3v) is 4.14. The van der Waals surface area contributed by atoms with Crippen molar-refractivity contribution < 1.29 is 4.79 Å². The summed E-state index contributed by atoms with van der Waals surface area (Å²) in [6, 6.07) is 8.19. The average Bonchev–Trinajstić information content (AvgIpc) is 3.19. The summed E-state index contributed by atoms with van der Waals surface area (Å²) in [4.78, 5) is 11.8. The largest absolute Gasteiger partial charge is 0.352 e. The molecule has 3 N–H and O–H groups in total. The topological polar surface area (TPSA) is 55.1 Å². The molecular formula is C14H19BrN2O. The zero-order valence-corrected chi connectivity index (χ0v) is 11.9. The van der Waals surface area contributed by atoms with Crippen molar-refractivity contribution in [3.8, 4) is 0 Å². The minimum atomic E-state index is 0.105. The Bertz CT molecular complexity index is 418. The second kappa shape index (κ2) is 6.34. The summed E-state index contributed by atoms with van der Waals surface area (Å²) in [6.45, 7) is 0.547. The van der Waals surface area contributed by atoms with Gasteiger partial charge in [0.25, 0.3) is 0 Å². The number of halogens is 1. The fraction of sp³-hybridized carbons (Fsp3) is 0.500. The van der Waals surface area contributed by atoms with Gasteiger partial charge in [-0.1, -0.05) is 34.1 Å². The number of aryl methyl sites for hydroxylation is 1. The van der Waals surface area contributed by atoms with Gasteiger partial charge in [0.05, 0.1) is 0 Å². The molecule has 1 aliphatic carbocycles. The monoisotopic (exact) mass is 310 g/mol. The highest BCUT2D eigenvalue weighted by Crippen LogP contribution is 2.32. The van der Waals surface area contributed by atoms with Gasteiger partial charge in [0.1, 0.15) is 0 Å². The zero-order chi connectivity index (χ0) is 13.0. The molecule has 3 nitrogen and oxygen atoms in total. The van der Waals surface area contributed by atoms with Gasteiger partial charge in [0.2, 0.25) is 5.91 Å². The van der Waals surface area contributed by atoms with Crippen LogP contribution in [-0.2, 0) is 11.2 Å². The van der Waals surface area contributed by atoms with E-state index in [1.54, 1.807) is 0 Å². The third-order valence-electron chi connectivity index (χ3n) is 3.37. The van der Waals surface area contributed by atoms with Crippen LogP contribution in [-0.4, -0.2) is 18.5 Å². The summed E-state index contributed by atoms with van der Waals surface area (Å²) >= 11 is 3.49. The van der Waals surface area contributed by atoms with Crippen molar-refractivity contribution in [1.82, 2.24) is 5.32 Å². The van der Waals surface area contributed by atoms with E-state index >= 15 is 0 Å². The standard InChI is InChI=1S/C14H19BrN2O/c15-12-4-2-1-3-10(12)7-8-14(18)17-13(9-16)11-5-6-11/h1-4,11,13H,5-9,16H2,(H,17,18). The Labute approximate surface area is 116 Å². The molecule has 0 saturated heterocycles. The van der Waals surface area contributed by atoms with Gasteiger partial charge in [-0.2, -0.15) is 0 Å². The van der Waals surface area contributed by atoms with Gasteiger partial charge >= 0.3 is 0 Å². The van der Waals surface area contributed by atoms with Crippen LogP contribution in [0, 0.1) is 5.92 Å². The van der Waals surface area contributed by atoms with Crippen LogP contribution in [0.25, 0.3) is 0 Å². The fourth-order valence-corrected chi connectivity index (χ4v) is 2.58. The van der Waals surface area contributed by atoms with E-state index in [1.165, 1.54) is 18.4 Å². The molecule has 1 fully saturated rings. The molecule has 1 aliphatic rings. The summed E-state index contributed by atoms with van der Waals surface area (Å²) in [7, 11) is 0. The van der Waals surface area contributed by atoms with Crippen molar-refractivity contribution in [2.75, 3.05) is 6.54 Å². The number of rotatable bonds is 6. The van der Waals surface area contributed by atoms with Crippen LogP contribution in [0.5, 0.6) is 0 Å². The molecular weight excluding hydrogens is 292 g/mol. The van der Waals surface area contributed by atoms with E-state index in [-0.39, 0.29) is 11.9 Å². The number of carbonyl (C=O) groups is 1. The van der Waals surface area contributed by atoms with E-state index in [9.17, 15) is 4.79 Å². The minimum absolute atomic E-state index is 0.105. The van der Waals surface area contributed by atoms with E-state index < -0.39 is 0 Å². The number of nitrogens with two attached hydrogens (primary N) is 1. The molecule has 98 valence electrons. The normalized spacial score (nSPS) is 16.3. The summed E-state index contributed by atoms with van der Waals surface area (Å²) in [5, 5.41) is 3.04. The number of hydrogen-bond donors (Lipinski definition) is 2. The molecule has 4 heteroatoms. The Balaban J connectivity index is 1.79. The third kappa shape index (κ3) is 3.82. The maximum atomic E-state index is 11.8. The van der Waals surface area contributed by atoms with Crippen LogP contribution in [0.15, 0.2) is 28.7 Å². The lowest BCUT2D eigenvalue weighted by Crippen LogP contribution is -2.41. The van der Waals surface area contributed by atoms with Crippen LogP contribution >= 0.6 is 15.9 Å². The van der Waals surface area contributed by atoms with Gasteiger partial charge in [-0.15, -0.1) is 0 Å². The van der Waals surface area contributed by atoms with Gasteiger partial charge in [0.15, 0.2) is 0 Å². The second-order valence-electron chi connectivity index (χ2n) is 4.84. The molecule has 1 saturated carbocycles. The predicted molar refractivity (Wildman–Crippen MR) is 76.2 cm³/mol. The number of hydrogen-bond acceptors (Lipinski definition) is 2. The van der Waals surface area contributed by atoms with Gasteiger partial charge in [-0.05, 0) is 36.8 Å². The lowest BCUT2D eigenvalue weighted by atomic mass is 10.1. The summed E-state index contributed by atoms with van der Waals surface area (Å²) in [5.41, 5.74) is 6.84. The van der Waals surface area contributed by atoms with Gasteiger partial charge in [-0.3, -0.25) is 4.79 Å². The van der Waals surface area contributed by atoms with Crippen LogP contribution in [0.1, 0.15) is 24.8 Å². The Morgan fingerprint density at radius 1 is 1.44 bits per heavy atom. The molecule has 0 aliphatic heterocycles. The minimum Gasteiger partial charge on any atom is -0.352 e. The second-order valence-corrected chi connectivity index (χ2v) is 5.69. The predicted octanol–water partition coefficient (Wildman–Crippen LogP) is 2.24. The van der Waals surface area contributed by atoms with Crippen molar-refractivity contribution in [3.05, 3.63) is 34.3 Å². The molecule has 1 unspecified atom stereocenters. The molecule has 2 rings (SSSR count). The van der Waals surface area contributed by atoms with Crippen LogP contribution in [0.4, 0.5) is 0 Å². The maximum absolute atomic E-state index is 11.8. The van der Waals surface area contributed by atoms with Crippen molar-refractivity contribution in [2.24, 2.45) is 11.7 Å². The van der Waals surface area contributed by atoms with E-state index in [1.807, 2.05) is 24.3 Å². The van der Waals surface area contributed by atoms with Crippen molar-refractivity contribution >= 4 is 21.8 Å². The lowest BCUT2D eigenvalue weighted by molar-refractivity contribution is -0.121. The van der Waals surface area contributed by atoms with Crippen LogP contribution in [0.2, 0.25) is 0 Å². The first kappa shape index (κ1) is 13.6. The summed E-state index contributed by atoms with van der Waals surface area (Å²) in [6.07, 6.45) is 3.68. The Kier molecular flexibility index (Phi) is 4.78. The van der Waals surface area contributed by atoms with Crippen molar-refractivity contribution in [2.45, 2.75) is 31.7 Å². The van der Waals surface area contributed by atoms with Gasteiger partial charge < -0.3 is 11.1 Å². The first-order chi connectivity index (χ1) is 8.70. The van der Waals surface area contributed by atoms with Crippen molar-refractivity contribution in [1.29, 1.82) is 0 Å². The first-order valence-corrected chi connectivity index (χ1v) is 7.23. The number of amides is 1. The quantitative estimate of drug-likeness (QED) is 0.846. The van der Waals surface area contributed by atoms with Gasteiger partial charge in [0, 0.05) is 23.5 Å². The molecule has 1 atom stereocenters. The van der Waals surface area contributed by atoms with E-state index in [0.717, 1.165) is 10.9 Å². The van der Waals surface area contributed by atoms with Crippen LogP contribution < -0.4 is 11.1 Å². The molecule has 0 bridgehead atoms. The molecule has 18 heavy (non-hydrogen) atoms. The highest BCUT2D eigenvalue weighted by Gasteiger charge is 2.30. The smallest absolute Gasteiger partial charge is 0.220 e. The Morgan fingerprint density at radius 3 is 2.78 bits per heavy atom. The molecule has 0 radical (unpaired) electrons. The first-order valence-electron chi connectivity index (χ1n) is 6.43. The van der Waals surface area contributed by atoms with E-state index in [2.05, 4.69) is 21.2 Å². The lowest BCUT2D eigenvalue weighted by Gasteiger charge is -2.16. The molecule has 0 heterocycles. The van der Waals surface area contributed by atoms with Crippen LogP contribution in [0.3, 0.4) is 0 Å². The molecule has 1 aromatic rings. The van der Waals surface area contributed by atoms with Gasteiger partial charge in [-0.25, -0.2) is 0 Å². The maximum Gasteiger partial charge on any atom is 0.220 e. The highest BCUT2D eigenvalue weighted by molar-refractivity contribution is 9.10. The molecule has 0 aromatic heterocycles. The number of carbonyl (C=O) groups excluding carboxylic acids is 1. The molecule has 1 aromatic carbocycles. The SMILES string of the molecule is NCC(NC(=O)CCc1ccccc1Br)C1CC1. The fourth-order valence-electron chi connectivity index (χ4n) is 2.10. The molecule has 0 spiro atoms. The zero-order valence-electron chi connectivity index (χ0n) is 10.4. The molecule has 1 amide bonds. The Morgan fingerprint density at radius 2 is 2.17 bits per heavy atom. The van der Waals surface area contributed by atoms with E-state index in [0.29, 0.717) is 18.9 Å². The summed E-state index contributed by atoms with van der Waals surface area (Å²) < 4.78 is 1.07. The highest BCUT2D eigenvalue weighted by atomic mass is 79.9. The Hall–Kier alpha value is -0.870. The summed E-state index contributed by atoms with van der Waals surface area (Å²) in [5.74, 6) is 0.718. The van der Waals surface area contributed by atoms with Crippen molar-refractivity contribution in [3.63, 3.8) is 0 Å². The average molecular weight is 311 g/mol. The number of nitrogens with one attached hydrogen (secondary N) is 1.